The van der Waals surface area contributed by atoms with Crippen molar-refractivity contribution in [1.82, 2.24) is 19.6 Å². The molecule has 5 nitrogen and oxygen atoms in total. The van der Waals surface area contributed by atoms with Crippen LogP contribution >= 0.6 is 11.3 Å². The molecule has 3 heterocycles. The van der Waals surface area contributed by atoms with Gasteiger partial charge in [-0.05, 0) is 19.1 Å². The van der Waals surface area contributed by atoms with E-state index in [1.54, 1.807) is 11.3 Å². The summed E-state index contributed by atoms with van der Waals surface area (Å²) in [7, 11) is 0. The van der Waals surface area contributed by atoms with E-state index in [-0.39, 0.29) is 6.04 Å². The standard InChI is InChI=1S/C17H15N5S/c1-12(16-21-20-15-9-5-6-10-22(15)16)18-17-19-14(11-23-17)13-7-3-2-4-8-13/h2-12H,1H3,(H,18,19). The van der Waals surface area contributed by atoms with Gasteiger partial charge in [0.05, 0.1) is 11.7 Å². The first-order chi connectivity index (χ1) is 11.3. The Bertz CT molecular complexity index is 928. The van der Waals surface area contributed by atoms with E-state index in [1.807, 2.05) is 47.0 Å². The predicted octanol–water partition coefficient (Wildman–Crippen LogP) is 4.03. The maximum atomic E-state index is 4.66. The molecule has 0 aliphatic carbocycles. The van der Waals surface area contributed by atoms with Crippen molar-refractivity contribution in [3.8, 4) is 11.3 Å². The minimum absolute atomic E-state index is 0.0159. The molecule has 0 spiro atoms. The van der Waals surface area contributed by atoms with Gasteiger partial charge in [0.2, 0.25) is 0 Å². The molecule has 4 aromatic rings. The predicted molar refractivity (Wildman–Crippen MR) is 92.6 cm³/mol. The lowest BCUT2D eigenvalue weighted by Gasteiger charge is -2.10. The quantitative estimate of drug-likeness (QED) is 0.616. The van der Waals surface area contributed by atoms with Gasteiger partial charge < -0.3 is 5.32 Å². The van der Waals surface area contributed by atoms with Gasteiger partial charge >= 0.3 is 0 Å². The average Bonchev–Trinajstić information content (AvgIpc) is 3.22. The van der Waals surface area contributed by atoms with Crippen LogP contribution in [0.25, 0.3) is 16.9 Å². The van der Waals surface area contributed by atoms with Gasteiger partial charge in [-0.25, -0.2) is 4.98 Å². The summed E-state index contributed by atoms with van der Waals surface area (Å²) in [6, 6.07) is 16.1. The summed E-state index contributed by atoms with van der Waals surface area (Å²) in [4.78, 5) is 4.66. The van der Waals surface area contributed by atoms with E-state index in [4.69, 9.17) is 0 Å². The Labute approximate surface area is 137 Å². The van der Waals surface area contributed by atoms with Crippen LogP contribution in [0.1, 0.15) is 18.8 Å². The zero-order chi connectivity index (χ0) is 15.6. The van der Waals surface area contributed by atoms with E-state index in [2.05, 4.69) is 44.9 Å². The normalized spacial score (nSPS) is 12.4. The molecule has 0 amide bonds. The van der Waals surface area contributed by atoms with Gasteiger partial charge in [-0.1, -0.05) is 36.4 Å². The number of nitrogens with zero attached hydrogens (tertiary/aromatic N) is 4. The zero-order valence-corrected chi connectivity index (χ0v) is 13.4. The van der Waals surface area contributed by atoms with Crippen molar-refractivity contribution in [3.05, 3.63) is 65.9 Å². The number of thiazole rings is 1. The van der Waals surface area contributed by atoms with E-state index in [0.29, 0.717) is 0 Å². The van der Waals surface area contributed by atoms with Crippen LogP contribution in [0.2, 0.25) is 0 Å². The number of fused-ring (bicyclic) bond motifs is 1. The molecule has 0 radical (unpaired) electrons. The third kappa shape index (κ3) is 2.68. The highest BCUT2D eigenvalue weighted by molar-refractivity contribution is 7.14. The SMILES string of the molecule is CC(Nc1nc(-c2ccccc2)cs1)c1nnc2ccccn12. The molecule has 4 rings (SSSR count). The molecule has 3 aromatic heterocycles. The second-order valence-corrected chi connectivity index (χ2v) is 6.12. The van der Waals surface area contributed by atoms with Crippen molar-refractivity contribution in [2.24, 2.45) is 0 Å². The van der Waals surface area contributed by atoms with Crippen LogP contribution in [0.5, 0.6) is 0 Å². The third-order valence-electron chi connectivity index (χ3n) is 3.64. The van der Waals surface area contributed by atoms with E-state index < -0.39 is 0 Å². The fraction of sp³-hybridized carbons (Fsp3) is 0.118. The summed E-state index contributed by atoms with van der Waals surface area (Å²) in [5.41, 5.74) is 2.95. The molecule has 1 N–H and O–H groups in total. The fourth-order valence-corrected chi connectivity index (χ4v) is 3.29. The van der Waals surface area contributed by atoms with Gasteiger partial charge in [-0.2, -0.15) is 0 Å². The summed E-state index contributed by atoms with van der Waals surface area (Å²) >= 11 is 1.60. The Balaban J connectivity index is 1.57. The Morgan fingerprint density at radius 3 is 2.74 bits per heavy atom. The number of benzene rings is 1. The summed E-state index contributed by atoms with van der Waals surface area (Å²) in [5.74, 6) is 0.872. The van der Waals surface area contributed by atoms with Crippen LogP contribution in [0.4, 0.5) is 5.13 Å². The molecule has 1 aromatic carbocycles. The van der Waals surface area contributed by atoms with Crippen molar-refractivity contribution in [3.63, 3.8) is 0 Å². The first-order valence-corrected chi connectivity index (χ1v) is 8.26. The number of nitrogens with one attached hydrogen (secondary N) is 1. The second-order valence-electron chi connectivity index (χ2n) is 5.26. The fourth-order valence-electron chi connectivity index (χ4n) is 2.49. The number of pyridine rings is 1. The molecule has 0 aliphatic heterocycles. The van der Waals surface area contributed by atoms with Crippen molar-refractivity contribution >= 4 is 22.1 Å². The third-order valence-corrected chi connectivity index (χ3v) is 4.41. The molecule has 0 aliphatic rings. The number of hydrogen-bond acceptors (Lipinski definition) is 5. The Morgan fingerprint density at radius 2 is 1.87 bits per heavy atom. The average molecular weight is 321 g/mol. The summed E-state index contributed by atoms with van der Waals surface area (Å²) in [6.45, 7) is 2.06. The molecular weight excluding hydrogens is 306 g/mol. The molecule has 1 atom stereocenters. The highest BCUT2D eigenvalue weighted by atomic mass is 32.1. The molecule has 6 heteroatoms. The lowest BCUT2D eigenvalue weighted by Crippen LogP contribution is -2.10. The maximum Gasteiger partial charge on any atom is 0.183 e. The van der Waals surface area contributed by atoms with Crippen LogP contribution in [-0.2, 0) is 0 Å². The molecule has 0 fully saturated rings. The molecule has 0 saturated heterocycles. The van der Waals surface area contributed by atoms with E-state index >= 15 is 0 Å². The van der Waals surface area contributed by atoms with E-state index in [0.717, 1.165) is 27.9 Å². The Morgan fingerprint density at radius 1 is 1.04 bits per heavy atom. The molecule has 23 heavy (non-hydrogen) atoms. The van der Waals surface area contributed by atoms with Gasteiger partial charge in [0.1, 0.15) is 0 Å². The van der Waals surface area contributed by atoms with Crippen LogP contribution in [-0.4, -0.2) is 19.6 Å². The lowest BCUT2D eigenvalue weighted by atomic mass is 10.2. The molecule has 0 bridgehead atoms. The number of aromatic nitrogens is 4. The highest BCUT2D eigenvalue weighted by Gasteiger charge is 2.14. The van der Waals surface area contributed by atoms with Crippen molar-refractivity contribution in [1.29, 1.82) is 0 Å². The smallest absolute Gasteiger partial charge is 0.183 e. The largest absolute Gasteiger partial charge is 0.352 e. The first kappa shape index (κ1) is 13.9. The summed E-state index contributed by atoms with van der Waals surface area (Å²) in [5, 5.41) is 14.8. The second kappa shape index (κ2) is 5.81. The zero-order valence-electron chi connectivity index (χ0n) is 12.5. The van der Waals surface area contributed by atoms with E-state index in [9.17, 15) is 0 Å². The number of rotatable bonds is 4. The minimum atomic E-state index is 0.0159. The summed E-state index contributed by atoms with van der Waals surface area (Å²) in [6.07, 6.45) is 1.97. The van der Waals surface area contributed by atoms with Crippen molar-refractivity contribution in [2.75, 3.05) is 5.32 Å². The van der Waals surface area contributed by atoms with Gasteiger partial charge in [0.15, 0.2) is 16.6 Å². The number of anilines is 1. The minimum Gasteiger partial charge on any atom is -0.352 e. The van der Waals surface area contributed by atoms with Gasteiger partial charge in [-0.15, -0.1) is 21.5 Å². The first-order valence-electron chi connectivity index (χ1n) is 7.38. The van der Waals surface area contributed by atoms with Crippen LogP contribution in [0.3, 0.4) is 0 Å². The van der Waals surface area contributed by atoms with Crippen molar-refractivity contribution < 1.29 is 0 Å². The molecule has 0 saturated carbocycles. The molecular formula is C17H15N5S. The monoisotopic (exact) mass is 321 g/mol. The molecule has 114 valence electrons. The van der Waals surface area contributed by atoms with Crippen LogP contribution in [0.15, 0.2) is 60.1 Å². The Kier molecular flexibility index (Phi) is 3.51. The van der Waals surface area contributed by atoms with Gasteiger partial charge in [0.25, 0.3) is 0 Å². The van der Waals surface area contributed by atoms with E-state index in [1.165, 1.54) is 0 Å². The number of hydrogen-bond donors (Lipinski definition) is 1. The molecule has 1 unspecified atom stereocenters. The van der Waals surface area contributed by atoms with Crippen LogP contribution in [0, 0.1) is 0 Å². The maximum absolute atomic E-state index is 4.66. The topological polar surface area (TPSA) is 55.1 Å². The Hall–Kier alpha value is -2.73. The summed E-state index contributed by atoms with van der Waals surface area (Å²) < 4.78 is 1.99. The van der Waals surface area contributed by atoms with Gasteiger partial charge in [-0.3, -0.25) is 4.40 Å². The van der Waals surface area contributed by atoms with Gasteiger partial charge in [0, 0.05) is 17.1 Å². The van der Waals surface area contributed by atoms with Crippen molar-refractivity contribution in [2.45, 2.75) is 13.0 Å². The van der Waals surface area contributed by atoms with Crippen LogP contribution < -0.4 is 5.32 Å². The highest BCUT2D eigenvalue weighted by Crippen LogP contribution is 2.27. The lowest BCUT2D eigenvalue weighted by molar-refractivity contribution is 0.772.